The highest BCUT2D eigenvalue weighted by molar-refractivity contribution is 6.13. The number of pyridine rings is 1. The van der Waals surface area contributed by atoms with E-state index in [4.69, 9.17) is 6.42 Å². The molecule has 1 N–H and O–H groups in total. The third kappa shape index (κ3) is 3.41. The molecule has 2 aliphatic rings. The van der Waals surface area contributed by atoms with Gasteiger partial charge in [-0.3, -0.25) is 14.7 Å². The molecule has 3 heterocycles. The maximum absolute atomic E-state index is 14.4. The van der Waals surface area contributed by atoms with E-state index in [0.717, 1.165) is 22.0 Å². The minimum absolute atomic E-state index is 0.108. The number of benzene rings is 2. The Labute approximate surface area is 180 Å². The molecule has 0 aliphatic carbocycles. The molecule has 0 radical (unpaired) electrons. The molecule has 5 rings (SSSR count). The first-order valence-corrected chi connectivity index (χ1v) is 10.4. The molecule has 1 amide bonds. The van der Waals surface area contributed by atoms with Gasteiger partial charge in [0.1, 0.15) is 5.75 Å². The van der Waals surface area contributed by atoms with E-state index in [1.165, 1.54) is 0 Å². The van der Waals surface area contributed by atoms with Crippen LogP contribution in [0.15, 0.2) is 48.7 Å². The molecular formula is C25H22FN3O2. The number of aromatic nitrogens is 1. The summed E-state index contributed by atoms with van der Waals surface area (Å²) in [6, 6.07) is 12.6. The molecule has 31 heavy (non-hydrogen) atoms. The van der Waals surface area contributed by atoms with Crippen molar-refractivity contribution >= 4 is 22.5 Å². The summed E-state index contributed by atoms with van der Waals surface area (Å²) in [6.07, 6.45) is 7.71. The van der Waals surface area contributed by atoms with Gasteiger partial charge >= 0.3 is 0 Å². The zero-order valence-electron chi connectivity index (χ0n) is 17.0. The molecule has 2 aromatic carbocycles. The normalized spacial score (nSPS) is 18.2. The number of alkyl halides is 1. The number of hydrogen-bond acceptors (Lipinski definition) is 4. The molecule has 2 aliphatic heterocycles. The van der Waals surface area contributed by atoms with Gasteiger partial charge in [-0.05, 0) is 29.8 Å². The fraction of sp³-hybridized carbons (Fsp3) is 0.280. The number of terminal acetylenes is 1. The summed E-state index contributed by atoms with van der Waals surface area (Å²) in [5.41, 5.74) is 2.46. The molecule has 0 atom stereocenters. The van der Waals surface area contributed by atoms with Crippen molar-refractivity contribution in [3.05, 3.63) is 65.4 Å². The van der Waals surface area contributed by atoms with Crippen LogP contribution in [-0.4, -0.2) is 39.7 Å². The standard InChI is InChI=1S/C25H22FN3O2/c1-2-25(26)8-11-28(12-9-25)15-17-13-21-22(23-20(17)7-4-10-27-23)16-29(24(21)31)18-5-3-6-19(30)14-18/h1,3-7,10,13-14,30H,8-9,11-12,15-16H2. The van der Waals surface area contributed by atoms with E-state index in [0.29, 0.717) is 50.3 Å². The van der Waals surface area contributed by atoms with Crippen LogP contribution in [-0.2, 0) is 13.1 Å². The van der Waals surface area contributed by atoms with Gasteiger partial charge in [0.05, 0.1) is 12.1 Å². The summed E-state index contributed by atoms with van der Waals surface area (Å²) < 4.78 is 14.4. The van der Waals surface area contributed by atoms with Crippen LogP contribution in [0.3, 0.4) is 0 Å². The van der Waals surface area contributed by atoms with Gasteiger partial charge in [-0.25, -0.2) is 4.39 Å². The number of amides is 1. The third-order valence-electron chi connectivity index (χ3n) is 6.32. The maximum Gasteiger partial charge on any atom is 0.259 e. The van der Waals surface area contributed by atoms with E-state index < -0.39 is 5.67 Å². The predicted octanol–water partition coefficient (Wildman–Crippen LogP) is 4.04. The second-order valence-electron chi connectivity index (χ2n) is 8.26. The van der Waals surface area contributed by atoms with Gasteiger partial charge in [0.25, 0.3) is 5.91 Å². The van der Waals surface area contributed by atoms with Crippen molar-refractivity contribution in [1.82, 2.24) is 9.88 Å². The SMILES string of the molecule is C#CC1(F)CCN(Cc2cc3c(c4ncccc24)CN(c2cccc(O)c2)C3=O)CC1. The minimum atomic E-state index is -1.52. The Hall–Kier alpha value is -3.43. The molecule has 3 aromatic rings. The smallest absolute Gasteiger partial charge is 0.259 e. The number of hydrogen-bond donors (Lipinski definition) is 1. The van der Waals surface area contributed by atoms with E-state index in [1.54, 1.807) is 29.3 Å². The van der Waals surface area contributed by atoms with Gasteiger partial charge in [0.2, 0.25) is 0 Å². The van der Waals surface area contributed by atoms with Crippen LogP contribution in [0.1, 0.15) is 34.3 Å². The molecule has 1 aromatic heterocycles. The van der Waals surface area contributed by atoms with E-state index in [9.17, 15) is 14.3 Å². The van der Waals surface area contributed by atoms with Gasteiger partial charge in [-0.1, -0.05) is 18.1 Å². The van der Waals surface area contributed by atoms with Crippen LogP contribution in [0.2, 0.25) is 0 Å². The Balaban J connectivity index is 1.50. The molecule has 5 nitrogen and oxygen atoms in total. The molecular weight excluding hydrogens is 393 g/mol. The minimum Gasteiger partial charge on any atom is -0.508 e. The van der Waals surface area contributed by atoms with Crippen LogP contribution < -0.4 is 4.90 Å². The first kappa shape index (κ1) is 19.5. The fourth-order valence-corrected chi connectivity index (χ4v) is 4.55. The quantitative estimate of drug-likeness (QED) is 0.656. The lowest BCUT2D eigenvalue weighted by Crippen LogP contribution is -2.40. The van der Waals surface area contributed by atoms with Gasteiger partial charge in [0, 0.05) is 66.9 Å². The van der Waals surface area contributed by atoms with Gasteiger partial charge in [-0.15, -0.1) is 6.42 Å². The van der Waals surface area contributed by atoms with Gasteiger partial charge in [0.15, 0.2) is 5.67 Å². The number of piperidine rings is 1. The second kappa shape index (κ2) is 7.36. The Morgan fingerprint density at radius 3 is 2.74 bits per heavy atom. The number of phenols is 1. The zero-order chi connectivity index (χ0) is 21.6. The topological polar surface area (TPSA) is 56.7 Å². The third-order valence-corrected chi connectivity index (χ3v) is 6.32. The van der Waals surface area contributed by atoms with E-state index in [2.05, 4.69) is 15.8 Å². The summed E-state index contributed by atoms with van der Waals surface area (Å²) in [5, 5.41) is 10.8. The predicted molar refractivity (Wildman–Crippen MR) is 118 cm³/mol. The summed E-state index contributed by atoms with van der Waals surface area (Å²) in [5.74, 6) is 2.30. The average Bonchev–Trinajstić information content (AvgIpc) is 3.12. The molecule has 1 saturated heterocycles. The van der Waals surface area contributed by atoms with Crippen molar-refractivity contribution in [2.75, 3.05) is 18.0 Å². The van der Waals surface area contributed by atoms with Crippen molar-refractivity contribution in [1.29, 1.82) is 0 Å². The molecule has 6 heteroatoms. The van der Waals surface area contributed by atoms with Crippen molar-refractivity contribution in [2.45, 2.75) is 31.6 Å². The number of carbonyl (C=O) groups excluding carboxylic acids is 1. The number of phenolic OH excluding ortho intramolecular Hbond substituents is 1. The van der Waals surface area contributed by atoms with Crippen LogP contribution in [0.4, 0.5) is 10.1 Å². The molecule has 1 fully saturated rings. The lowest BCUT2D eigenvalue weighted by atomic mass is 9.93. The van der Waals surface area contributed by atoms with E-state index in [1.807, 2.05) is 24.3 Å². The summed E-state index contributed by atoms with van der Waals surface area (Å²) >= 11 is 0. The lowest BCUT2D eigenvalue weighted by Gasteiger charge is -2.33. The molecule has 0 saturated carbocycles. The summed E-state index contributed by atoms with van der Waals surface area (Å²) in [4.78, 5) is 21.7. The zero-order valence-corrected chi connectivity index (χ0v) is 17.0. The highest BCUT2D eigenvalue weighted by Crippen LogP contribution is 2.36. The highest BCUT2D eigenvalue weighted by atomic mass is 19.1. The lowest BCUT2D eigenvalue weighted by molar-refractivity contribution is 0.0994. The van der Waals surface area contributed by atoms with Crippen LogP contribution >= 0.6 is 0 Å². The molecule has 0 bridgehead atoms. The Morgan fingerprint density at radius 2 is 2.00 bits per heavy atom. The van der Waals surface area contributed by atoms with Gasteiger partial charge in [-0.2, -0.15) is 0 Å². The van der Waals surface area contributed by atoms with E-state index in [-0.39, 0.29) is 11.7 Å². The van der Waals surface area contributed by atoms with E-state index >= 15 is 0 Å². The average molecular weight is 415 g/mol. The Morgan fingerprint density at radius 1 is 1.19 bits per heavy atom. The number of fused-ring (bicyclic) bond motifs is 3. The van der Waals surface area contributed by atoms with Crippen molar-refractivity contribution < 1.29 is 14.3 Å². The number of carbonyl (C=O) groups is 1. The highest BCUT2D eigenvalue weighted by Gasteiger charge is 2.34. The Bertz CT molecular complexity index is 1230. The number of aromatic hydroxyl groups is 1. The second-order valence-corrected chi connectivity index (χ2v) is 8.26. The molecule has 0 spiro atoms. The first-order valence-electron chi connectivity index (χ1n) is 10.4. The maximum atomic E-state index is 14.4. The van der Waals surface area contributed by atoms with Crippen LogP contribution in [0, 0.1) is 12.3 Å². The van der Waals surface area contributed by atoms with Crippen molar-refractivity contribution in [2.24, 2.45) is 0 Å². The number of likely N-dealkylation sites (tertiary alicyclic amines) is 1. The number of anilines is 1. The number of rotatable bonds is 3. The molecule has 0 unspecified atom stereocenters. The number of halogens is 1. The van der Waals surface area contributed by atoms with Crippen molar-refractivity contribution in [3.63, 3.8) is 0 Å². The fourth-order valence-electron chi connectivity index (χ4n) is 4.55. The van der Waals surface area contributed by atoms with Crippen LogP contribution in [0.5, 0.6) is 5.75 Å². The monoisotopic (exact) mass is 415 g/mol. The summed E-state index contributed by atoms with van der Waals surface area (Å²) in [6.45, 7) is 2.16. The van der Waals surface area contributed by atoms with Crippen LogP contribution in [0.25, 0.3) is 10.9 Å². The number of nitrogens with zero attached hydrogens (tertiary/aromatic N) is 3. The van der Waals surface area contributed by atoms with Crippen molar-refractivity contribution in [3.8, 4) is 18.1 Å². The Kier molecular flexibility index (Phi) is 4.64. The largest absolute Gasteiger partial charge is 0.508 e. The summed E-state index contributed by atoms with van der Waals surface area (Å²) in [7, 11) is 0. The van der Waals surface area contributed by atoms with Gasteiger partial charge < -0.3 is 10.0 Å². The first-order chi connectivity index (χ1) is 15.0. The molecule has 156 valence electrons.